The molecule has 178 valence electrons. The standard InChI is InChI=1S/C27H31N3O3S/c1-3-4-5-6-7-8-11-16-30-21-13-10-9-12-19(21)24(31)23(26(30)33)25(32)29-27-28-20-15-14-18(2)17-22(20)34-27/h9-10,12-15,17,31H,3-8,11,16H2,1-2H3,(H,28,29,32). The quantitative estimate of drug-likeness (QED) is 0.251. The van der Waals surface area contributed by atoms with E-state index in [0.29, 0.717) is 22.6 Å². The highest BCUT2D eigenvalue weighted by Gasteiger charge is 2.23. The molecule has 2 aromatic carbocycles. The fourth-order valence-electron chi connectivity index (χ4n) is 4.29. The molecule has 0 aliphatic carbocycles. The molecular formula is C27H31N3O3S. The van der Waals surface area contributed by atoms with Gasteiger partial charge in [0, 0.05) is 11.9 Å². The Morgan fingerprint density at radius 3 is 2.59 bits per heavy atom. The molecule has 2 heterocycles. The Hall–Kier alpha value is -3.19. The lowest BCUT2D eigenvalue weighted by atomic mass is 10.1. The van der Waals surface area contributed by atoms with Crippen molar-refractivity contribution in [2.24, 2.45) is 0 Å². The van der Waals surface area contributed by atoms with Crippen LogP contribution in [-0.4, -0.2) is 20.6 Å². The molecule has 0 aliphatic rings. The second kappa shape index (κ2) is 10.8. The summed E-state index contributed by atoms with van der Waals surface area (Å²) >= 11 is 1.35. The van der Waals surface area contributed by atoms with E-state index < -0.39 is 11.5 Å². The van der Waals surface area contributed by atoms with E-state index in [-0.39, 0.29) is 11.3 Å². The topological polar surface area (TPSA) is 84.2 Å². The average Bonchev–Trinajstić information content (AvgIpc) is 3.21. The van der Waals surface area contributed by atoms with Gasteiger partial charge in [0.05, 0.1) is 15.7 Å². The van der Waals surface area contributed by atoms with Gasteiger partial charge in [-0.05, 0) is 43.2 Å². The third kappa shape index (κ3) is 5.14. The van der Waals surface area contributed by atoms with E-state index in [4.69, 9.17) is 0 Å². The number of carbonyl (C=O) groups is 1. The van der Waals surface area contributed by atoms with Crippen LogP contribution in [0.1, 0.15) is 67.8 Å². The highest BCUT2D eigenvalue weighted by Crippen LogP contribution is 2.30. The number of nitrogens with zero attached hydrogens (tertiary/aromatic N) is 2. The van der Waals surface area contributed by atoms with Gasteiger partial charge >= 0.3 is 0 Å². The van der Waals surface area contributed by atoms with Crippen LogP contribution in [0.5, 0.6) is 5.75 Å². The van der Waals surface area contributed by atoms with Gasteiger partial charge in [-0.25, -0.2) is 4.98 Å². The van der Waals surface area contributed by atoms with Crippen LogP contribution in [0.15, 0.2) is 47.3 Å². The number of nitrogens with one attached hydrogen (secondary N) is 1. The Labute approximate surface area is 203 Å². The molecule has 0 unspecified atom stereocenters. The predicted molar refractivity (Wildman–Crippen MR) is 140 cm³/mol. The first-order valence-corrected chi connectivity index (χ1v) is 12.8. The molecule has 34 heavy (non-hydrogen) atoms. The van der Waals surface area contributed by atoms with E-state index in [1.165, 1.54) is 37.0 Å². The molecule has 4 rings (SSSR count). The van der Waals surface area contributed by atoms with Gasteiger partial charge in [0.15, 0.2) is 5.13 Å². The van der Waals surface area contributed by atoms with Crippen molar-refractivity contribution in [1.82, 2.24) is 9.55 Å². The Morgan fingerprint density at radius 2 is 1.79 bits per heavy atom. The second-order valence-corrected chi connectivity index (χ2v) is 9.79. The number of aromatic hydroxyl groups is 1. The number of thiazole rings is 1. The molecule has 0 bridgehead atoms. The minimum Gasteiger partial charge on any atom is -0.506 e. The lowest BCUT2D eigenvalue weighted by molar-refractivity contribution is 0.102. The molecule has 6 nitrogen and oxygen atoms in total. The minimum atomic E-state index is -0.641. The van der Waals surface area contributed by atoms with Crippen LogP contribution in [0.2, 0.25) is 0 Å². The molecule has 4 aromatic rings. The average molecular weight is 478 g/mol. The van der Waals surface area contributed by atoms with Crippen molar-refractivity contribution in [3.05, 3.63) is 63.9 Å². The molecular weight excluding hydrogens is 446 g/mol. The molecule has 0 saturated heterocycles. The van der Waals surface area contributed by atoms with Crippen LogP contribution in [0.3, 0.4) is 0 Å². The number of anilines is 1. The summed E-state index contributed by atoms with van der Waals surface area (Å²) in [5.74, 6) is -0.928. The molecule has 2 N–H and O–H groups in total. The minimum absolute atomic E-state index is 0.239. The molecule has 0 atom stereocenters. The summed E-state index contributed by atoms with van der Waals surface area (Å²) in [6, 6.07) is 13.1. The van der Waals surface area contributed by atoms with Gasteiger partial charge in [-0.3, -0.25) is 14.9 Å². The molecule has 0 radical (unpaired) electrons. The number of carbonyl (C=O) groups excluding carboxylic acids is 1. The summed E-state index contributed by atoms with van der Waals surface area (Å²) in [4.78, 5) is 31.0. The zero-order valence-electron chi connectivity index (χ0n) is 19.8. The molecule has 0 fully saturated rings. The number of aromatic nitrogens is 2. The maximum absolute atomic E-state index is 13.4. The summed E-state index contributed by atoms with van der Waals surface area (Å²) in [6.07, 6.45) is 7.93. The largest absolute Gasteiger partial charge is 0.506 e. The first kappa shape index (κ1) is 24.0. The molecule has 7 heteroatoms. The summed E-state index contributed by atoms with van der Waals surface area (Å²) < 4.78 is 2.58. The van der Waals surface area contributed by atoms with Crippen LogP contribution in [-0.2, 0) is 6.54 Å². The highest BCUT2D eigenvalue weighted by atomic mass is 32.1. The predicted octanol–water partition coefficient (Wildman–Crippen LogP) is 6.63. The van der Waals surface area contributed by atoms with Crippen molar-refractivity contribution in [2.45, 2.75) is 65.3 Å². The SMILES string of the molecule is CCCCCCCCCn1c(=O)c(C(=O)Nc2nc3ccc(C)cc3s2)c(O)c2ccccc21. The number of pyridine rings is 1. The van der Waals surface area contributed by atoms with Crippen LogP contribution < -0.4 is 10.9 Å². The number of para-hydroxylation sites is 1. The van der Waals surface area contributed by atoms with Gasteiger partial charge in [-0.2, -0.15) is 0 Å². The second-order valence-electron chi connectivity index (χ2n) is 8.76. The summed E-state index contributed by atoms with van der Waals surface area (Å²) in [5, 5.41) is 14.5. The van der Waals surface area contributed by atoms with Gasteiger partial charge in [0.2, 0.25) is 0 Å². The number of benzene rings is 2. The van der Waals surface area contributed by atoms with Crippen molar-refractivity contribution >= 4 is 43.5 Å². The molecule has 2 aromatic heterocycles. The fraction of sp³-hybridized carbons (Fsp3) is 0.370. The molecule has 1 amide bonds. The number of hydrogen-bond acceptors (Lipinski definition) is 5. The Bertz CT molecular complexity index is 1370. The van der Waals surface area contributed by atoms with Gasteiger partial charge in [0.1, 0.15) is 11.3 Å². The monoisotopic (exact) mass is 477 g/mol. The van der Waals surface area contributed by atoms with Crippen molar-refractivity contribution in [2.75, 3.05) is 5.32 Å². The van der Waals surface area contributed by atoms with E-state index >= 15 is 0 Å². The summed E-state index contributed by atoms with van der Waals surface area (Å²) in [6.45, 7) is 4.71. The van der Waals surface area contributed by atoms with E-state index in [1.54, 1.807) is 16.7 Å². The lowest BCUT2D eigenvalue weighted by Crippen LogP contribution is -2.30. The van der Waals surface area contributed by atoms with E-state index in [9.17, 15) is 14.7 Å². The van der Waals surface area contributed by atoms with E-state index in [0.717, 1.165) is 35.0 Å². The Kier molecular flexibility index (Phi) is 7.63. The maximum atomic E-state index is 13.4. The Balaban J connectivity index is 1.59. The number of unbranched alkanes of at least 4 members (excludes halogenated alkanes) is 6. The first-order chi connectivity index (χ1) is 16.5. The maximum Gasteiger partial charge on any atom is 0.267 e. The van der Waals surface area contributed by atoms with Crippen molar-refractivity contribution < 1.29 is 9.90 Å². The third-order valence-corrected chi connectivity index (χ3v) is 7.06. The smallest absolute Gasteiger partial charge is 0.267 e. The van der Waals surface area contributed by atoms with Gasteiger partial charge in [-0.15, -0.1) is 0 Å². The van der Waals surface area contributed by atoms with Crippen LogP contribution in [0.25, 0.3) is 21.1 Å². The van der Waals surface area contributed by atoms with E-state index in [1.807, 2.05) is 37.3 Å². The highest BCUT2D eigenvalue weighted by molar-refractivity contribution is 7.22. The molecule has 0 spiro atoms. The number of rotatable bonds is 10. The zero-order chi connectivity index (χ0) is 24.1. The number of aryl methyl sites for hydroxylation is 2. The number of hydrogen-bond donors (Lipinski definition) is 2. The summed E-state index contributed by atoms with van der Waals surface area (Å²) in [5.41, 5.74) is 1.82. The number of amides is 1. The zero-order valence-corrected chi connectivity index (χ0v) is 20.6. The third-order valence-electron chi connectivity index (χ3n) is 6.12. The van der Waals surface area contributed by atoms with Gasteiger partial charge in [-0.1, -0.05) is 75.0 Å². The van der Waals surface area contributed by atoms with Crippen LogP contribution in [0, 0.1) is 6.92 Å². The summed E-state index contributed by atoms with van der Waals surface area (Å²) in [7, 11) is 0. The molecule has 0 saturated carbocycles. The first-order valence-electron chi connectivity index (χ1n) is 12.0. The fourth-order valence-corrected chi connectivity index (χ4v) is 5.25. The van der Waals surface area contributed by atoms with E-state index in [2.05, 4.69) is 17.2 Å². The van der Waals surface area contributed by atoms with Crippen LogP contribution in [0.4, 0.5) is 5.13 Å². The number of fused-ring (bicyclic) bond motifs is 2. The van der Waals surface area contributed by atoms with Crippen molar-refractivity contribution in [1.29, 1.82) is 0 Å². The van der Waals surface area contributed by atoms with Gasteiger partial charge < -0.3 is 9.67 Å². The molecule has 0 aliphatic heterocycles. The van der Waals surface area contributed by atoms with Crippen molar-refractivity contribution in [3.63, 3.8) is 0 Å². The van der Waals surface area contributed by atoms with Crippen LogP contribution >= 0.6 is 11.3 Å². The van der Waals surface area contributed by atoms with Crippen molar-refractivity contribution in [3.8, 4) is 5.75 Å². The Morgan fingerprint density at radius 1 is 1.06 bits per heavy atom. The van der Waals surface area contributed by atoms with Gasteiger partial charge in [0.25, 0.3) is 11.5 Å². The normalized spacial score (nSPS) is 11.4. The lowest BCUT2D eigenvalue weighted by Gasteiger charge is -2.14.